The van der Waals surface area contributed by atoms with Gasteiger partial charge in [0.25, 0.3) is 5.69 Å². The summed E-state index contributed by atoms with van der Waals surface area (Å²) in [5, 5.41) is 18.9. The number of piperidine rings is 1. The number of aryl methyl sites for hydroxylation is 1. The van der Waals surface area contributed by atoms with Crippen molar-refractivity contribution in [3.05, 3.63) is 46.3 Å². The molecule has 1 saturated heterocycles. The van der Waals surface area contributed by atoms with Gasteiger partial charge in [0.15, 0.2) is 5.82 Å². The molecule has 0 N–H and O–H groups in total. The van der Waals surface area contributed by atoms with Gasteiger partial charge in [-0.1, -0.05) is 0 Å². The molecule has 1 aliphatic rings. The van der Waals surface area contributed by atoms with Gasteiger partial charge in [-0.15, -0.1) is 10.2 Å². The van der Waals surface area contributed by atoms with Crippen molar-refractivity contribution >= 4 is 11.4 Å². The van der Waals surface area contributed by atoms with Crippen molar-refractivity contribution in [2.24, 2.45) is 0 Å². The molecule has 8 heteroatoms. The van der Waals surface area contributed by atoms with E-state index in [4.69, 9.17) is 0 Å². The van der Waals surface area contributed by atoms with Crippen molar-refractivity contribution in [3.63, 3.8) is 0 Å². The lowest BCUT2D eigenvalue weighted by Crippen LogP contribution is -2.36. The fourth-order valence-corrected chi connectivity index (χ4v) is 3.10. The molecule has 1 fully saturated rings. The first-order valence-electron chi connectivity index (χ1n) is 7.66. The molecule has 2 aromatic rings. The number of rotatable bonds is 4. The molecule has 0 saturated carbocycles. The summed E-state index contributed by atoms with van der Waals surface area (Å²) in [7, 11) is 0. The molecule has 1 atom stereocenters. The Kier molecular flexibility index (Phi) is 4.22. The summed E-state index contributed by atoms with van der Waals surface area (Å²) in [6.45, 7) is 4.19. The van der Waals surface area contributed by atoms with E-state index in [9.17, 15) is 14.5 Å². The maximum atomic E-state index is 14.2. The molecular formula is C15H18FN5O2. The number of hydrogen-bond acceptors (Lipinski definition) is 5. The van der Waals surface area contributed by atoms with Crippen LogP contribution in [0.2, 0.25) is 0 Å². The van der Waals surface area contributed by atoms with E-state index in [0.717, 1.165) is 37.8 Å². The first-order chi connectivity index (χ1) is 11.1. The predicted molar refractivity (Wildman–Crippen MR) is 82.9 cm³/mol. The van der Waals surface area contributed by atoms with Gasteiger partial charge in [0.05, 0.1) is 16.7 Å². The molecule has 0 aliphatic carbocycles. The van der Waals surface area contributed by atoms with Gasteiger partial charge in [-0.25, -0.2) is 4.39 Å². The highest BCUT2D eigenvalue weighted by Crippen LogP contribution is 2.31. The molecule has 0 spiro atoms. The lowest BCUT2D eigenvalue weighted by molar-refractivity contribution is -0.385. The van der Waals surface area contributed by atoms with E-state index < -0.39 is 10.7 Å². The smallest absolute Gasteiger partial charge is 0.272 e. The van der Waals surface area contributed by atoms with Gasteiger partial charge in [-0.2, -0.15) is 0 Å². The molecule has 7 nitrogen and oxygen atoms in total. The average molecular weight is 319 g/mol. The van der Waals surface area contributed by atoms with E-state index in [1.54, 1.807) is 6.33 Å². The Morgan fingerprint density at radius 2 is 2.30 bits per heavy atom. The standard InChI is InChI=1S/C15H18FN5O2/c1-2-19-10-17-18-15(19)11-4-3-7-20(9-11)14-6-5-12(21(22)23)8-13(14)16/h5-6,8,10-11H,2-4,7,9H2,1H3. The normalized spacial score (nSPS) is 18.2. The van der Waals surface area contributed by atoms with Gasteiger partial charge >= 0.3 is 0 Å². The van der Waals surface area contributed by atoms with Crippen LogP contribution in [0.1, 0.15) is 31.5 Å². The maximum absolute atomic E-state index is 14.2. The zero-order valence-corrected chi connectivity index (χ0v) is 12.9. The fraction of sp³-hybridized carbons (Fsp3) is 0.467. The second kappa shape index (κ2) is 6.31. The summed E-state index contributed by atoms with van der Waals surface area (Å²) in [5.74, 6) is 0.539. The molecule has 1 aromatic heterocycles. The highest BCUT2D eigenvalue weighted by Gasteiger charge is 2.27. The van der Waals surface area contributed by atoms with Gasteiger partial charge < -0.3 is 9.47 Å². The third kappa shape index (κ3) is 3.01. The number of aromatic nitrogens is 3. The molecule has 1 unspecified atom stereocenters. The fourth-order valence-electron chi connectivity index (χ4n) is 3.10. The number of nitro groups is 1. The number of hydrogen-bond donors (Lipinski definition) is 0. The van der Waals surface area contributed by atoms with Crippen LogP contribution in [0.25, 0.3) is 0 Å². The SMILES string of the molecule is CCn1cnnc1C1CCCN(c2ccc([N+](=O)[O-])cc2F)C1. The van der Waals surface area contributed by atoms with E-state index in [1.165, 1.54) is 12.1 Å². The van der Waals surface area contributed by atoms with Crippen molar-refractivity contribution in [3.8, 4) is 0 Å². The van der Waals surface area contributed by atoms with Crippen LogP contribution in [0.4, 0.5) is 15.8 Å². The zero-order valence-electron chi connectivity index (χ0n) is 12.9. The van der Waals surface area contributed by atoms with E-state index in [2.05, 4.69) is 10.2 Å². The van der Waals surface area contributed by atoms with Crippen molar-refractivity contribution < 1.29 is 9.31 Å². The predicted octanol–water partition coefficient (Wildman–Crippen LogP) is 2.73. The number of anilines is 1. The molecule has 23 heavy (non-hydrogen) atoms. The van der Waals surface area contributed by atoms with Crippen LogP contribution in [0.15, 0.2) is 24.5 Å². The van der Waals surface area contributed by atoms with Crippen LogP contribution >= 0.6 is 0 Å². The maximum Gasteiger partial charge on any atom is 0.272 e. The number of benzene rings is 1. The number of halogens is 1. The summed E-state index contributed by atoms with van der Waals surface area (Å²) in [4.78, 5) is 12.1. The average Bonchev–Trinajstić information content (AvgIpc) is 3.03. The van der Waals surface area contributed by atoms with Crippen LogP contribution in [0.3, 0.4) is 0 Å². The Labute approximate surface area is 132 Å². The second-order valence-corrected chi connectivity index (χ2v) is 5.65. The van der Waals surface area contributed by atoms with Crippen molar-refractivity contribution in [2.75, 3.05) is 18.0 Å². The Balaban J connectivity index is 1.83. The first kappa shape index (κ1) is 15.4. The van der Waals surface area contributed by atoms with E-state index >= 15 is 0 Å². The summed E-state index contributed by atoms with van der Waals surface area (Å²) in [6.07, 6.45) is 3.60. The van der Waals surface area contributed by atoms with Crippen LogP contribution in [0, 0.1) is 15.9 Å². The summed E-state index contributed by atoms with van der Waals surface area (Å²) >= 11 is 0. The van der Waals surface area contributed by atoms with Crippen molar-refractivity contribution in [1.29, 1.82) is 0 Å². The first-order valence-corrected chi connectivity index (χ1v) is 7.66. The third-order valence-electron chi connectivity index (χ3n) is 4.26. The third-order valence-corrected chi connectivity index (χ3v) is 4.26. The molecule has 0 amide bonds. The number of nitro benzene ring substituents is 1. The van der Waals surface area contributed by atoms with Crippen molar-refractivity contribution in [2.45, 2.75) is 32.2 Å². The van der Waals surface area contributed by atoms with E-state index in [-0.39, 0.29) is 11.6 Å². The van der Waals surface area contributed by atoms with E-state index in [1.807, 2.05) is 16.4 Å². The Morgan fingerprint density at radius 3 is 3.00 bits per heavy atom. The van der Waals surface area contributed by atoms with Crippen LogP contribution in [-0.2, 0) is 6.54 Å². The molecule has 122 valence electrons. The van der Waals surface area contributed by atoms with Gasteiger partial charge in [0.2, 0.25) is 0 Å². The Morgan fingerprint density at radius 1 is 1.48 bits per heavy atom. The van der Waals surface area contributed by atoms with Crippen LogP contribution < -0.4 is 4.90 Å². The Hall–Kier alpha value is -2.51. The minimum Gasteiger partial charge on any atom is -0.368 e. The largest absolute Gasteiger partial charge is 0.368 e. The van der Waals surface area contributed by atoms with Crippen LogP contribution in [-0.4, -0.2) is 32.8 Å². The van der Waals surface area contributed by atoms with Gasteiger partial charge in [0, 0.05) is 31.6 Å². The molecule has 3 rings (SSSR count). The van der Waals surface area contributed by atoms with E-state index in [0.29, 0.717) is 12.2 Å². The zero-order chi connectivity index (χ0) is 16.4. The van der Waals surface area contributed by atoms with Gasteiger partial charge in [0.1, 0.15) is 12.2 Å². The quantitative estimate of drug-likeness (QED) is 0.639. The topological polar surface area (TPSA) is 77.1 Å². The highest BCUT2D eigenvalue weighted by molar-refractivity contribution is 5.53. The summed E-state index contributed by atoms with van der Waals surface area (Å²) < 4.78 is 16.2. The summed E-state index contributed by atoms with van der Waals surface area (Å²) in [6, 6.07) is 3.81. The molecule has 0 bridgehead atoms. The van der Waals surface area contributed by atoms with Gasteiger partial charge in [-0.05, 0) is 25.8 Å². The molecule has 1 aliphatic heterocycles. The minimum atomic E-state index is -0.588. The monoisotopic (exact) mass is 319 g/mol. The lowest BCUT2D eigenvalue weighted by atomic mass is 9.96. The summed E-state index contributed by atoms with van der Waals surface area (Å²) in [5.41, 5.74) is 0.174. The van der Waals surface area contributed by atoms with Gasteiger partial charge in [-0.3, -0.25) is 10.1 Å². The Bertz CT molecular complexity index is 718. The molecule has 0 radical (unpaired) electrons. The van der Waals surface area contributed by atoms with Crippen LogP contribution in [0.5, 0.6) is 0 Å². The highest BCUT2D eigenvalue weighted by atomic mass is 19.1. The van der Waals surface area contributed by atoms with Crippen molar-refractivity contribution in [1.82, 2.24) is 14.8 Å². The molecular weight excluding hydrogens is 301 g/mol. The second-order valence-electron chi connectivity index (χ2n) is 5.65. The molecule has 1 aromatic carbocycles. The molecule has 2 heterocycles. The minimum absolute atomic E-state index is 0.181. The number of non-ortho nitro benzene ring substituents is 1. The lowest BCUT2D eigenvalue weighted by Gasteiger charge is -2.34. The number of nitrogens with zero attached hydrogens (tertiary/aromatic N) is 5.